The molecule has 0 heterocycles. The second-order valence-corrected chi connectivity index (χ2v) is 6.51. The molecule has 0 fully saturated rings. The van der Waals surface area contributed by atoms with Crippen LogP contribution >= 0.6 is 19.4 Å². The van der Waals surface area contributed by atoms with Crippen molar-refractivity contribution < 1.29 is 34.2 Å². The Kier molecular flexibility index (Phi) is 5.13. The number of aliphatic carboxylic acids is 2. The third kappa shape index (κ3) is 4.36. The molecule has 0 aliphatic rings. The van der Waals surface area contributed by atoms with Gasteiger partial charge in [0.25, 0.3) is 0 Å². The van der Waals surface area contributed by atoms with Gasteiger partial charge in [0.2, 0.25) is 0 Å². The molecule has 19 heavy (non-hydrogen) atoms. The number of carboxylic acids is 2. The van der Waals surface area contributed by atoms with E-state index in [2.05, 4.69) is 0 Å². The number of hydrogen-bond acceptors (Lipinski definition) is 4. The number of carboxylic acid groups (broad SMARTS) is 2. The summed E-state index contributed by atoms with van der Waals surface area (Å²) in [5.41, 5.74) is -2.30. The Labute approximate surface area is 112 Å². The van der Waals surface area contributed by atoms with E-state index in [0.29, 0.717) is 16.7 Å². The van der Waals surface area contributed by atoms with E-state index in [-0.39, 0.29) is 0 Å². The van der Waals surface area contributed by atoms with Crippen molar-refractivity contribution in [2.24, 2.45) is 0 Å². The summed E-state index contributed by atoms with van der Waals surface area (Å²) >= 11 is 0.588. The minimum atomic E-state index is -5.08. The molecule has 104 valence electrons. The first kappa shape index (κ1) is 15.7. The van der Waals surface area contributed by atoms with Gasteiger partial charge < -0.3 is 20.0 Å². The van der Waals surface area contributed by atoms with Crippen LogP contribution in [0.1, 0.15) is 0 Å². The molecule has 2 atom stereocenters. The molecule has 9 heteroatoms. The number of thioether (sulfide) groups is 1. The molecule has 2 unspecified atom stereocenters. The van der Waals surface area contributed by atoms with Gasteiger partial charge in [-0.1, -0.05) is 18.2 Å². The van der Waals surface area contributed by atoms with Crippen molar-refractivity contribution in [1.82, 2.24) is 0 Å². The lowest BCUT2D eigenvalue weighted by atomic mass is 10.3. The third-order valence-electron chi connectivity index (χ3n) is 2.15. The SMILES string of the molecule is O=C(O)C(Sc1ccccc1)C(C(=O)O)P(=O)(O)O. The molecule has 1 aromatic rings. The van der Waals surface area contributed by atoms with Crippen LogP contribution in [0.5, 0.6) is 0 Å². The smallest absolute Gasteiger partial charge is 0.341 e. The van der Waals surface area contributed by atoms with Crippen LogP contribution in [-0.4, -0.2) is 42.8 Å². The van der Waals surface area contributed by atoms with Crippen molar-refractivity contribution in [3.8, 4) is 0 Å². The molecule has 0 aliphatic carbocycles. The van der Waals surface area contributed by atoms with Crippen LogP contribution in [0.3, 0.4) is 0 Å². The van der Waals surface area contributed by atoms with Crippen LogP contribution in [0.2, 0.25) is 0 Å². The van der Waals surface area contributed by atoms with E-state index in [1.54, 1.807) is 18.2 Å². The van der Waals surface area contributed by atoms with Crippen LogP contribution in [-0.2, 0) is 14.2 Å². The number of carbonyl (C=O) groups is 2. The highest BCUT2D eigenvalue weighted by Crippen LogP contribution is 2.47. The average molecular weight is 306 g/mol. The molecule has 0 amide bonds. The van der Waals surface area contributed by atoms with E-state index in [1.165, 1.54) is 12.1 Å². The summed E-state index contributed by atoms with van der Waals surface area (Å²) in [6.07, 6.45) is 0. The molecule has 4 N–H and O–H groups in total. The topological polar surface area (TPSA) is 132 Å². The molecule has 1 rings (SSSR count). The highest BCUT2D eigenvalue weighted by Gasteiger charge is 2.46. The monoisotopic (exact) mass is 306 g/mol. The van der Waals surface area contributed by atoms with Crippen molar-refractivity contribution in [3.63, 3.8) is 0 Å². The Morgan fingerprint density at radius 1 is 1.05 bits per heavy atom. The van der Waals surface area contributed by atoms with Crippen LogP contribution in [0, 0.1) is 0 Å². The fourth-order valence-corrected chi connectivity index (χ4v) is 3.73. The normalized spacial score (nSPS) is 14.6. The summed E-state index contributed by atoms with van der Waals surface area (Å²) in [7, 11) is -5.08. The summed E-state index contributed by atoms with van der Waals surface area (Å²) in [5, 5.41) is 16.0. The highest BCUT2D eigenvalue weighted by atomic mass is 32.2. The summed E-state index contributed by atoms with van der Waals surface area (Å²) in [4.78, 5) is 40.4. The molecule has 0 saturated carbocycles. The molecular formula is C10H11O7PS. The zero-order valence-corrected chi connectivity index (χ0v) is 11.1. The molecule has 1 aromatic carbocycles. The molecule has 7 nitrogen and oxygen atoms in total. The van der Waals surface area contributed by atoms with Gasteiger partial charge in [0.15, 0.2) is 5.66 Å². The fraction of sp³-hybridized carbons (Fsp3) is 0.200. The van der Waals surface area contributed by atoms with Gasteiger partial charge >= 0.3 is 19.5 Å². The quantitative estimate of drug-likeness (QED) is 0.449. The summed E-state index contributed by atoms with van der Waals surface area (Å²) < 4.78 is 11.1. The highest BCUT2D eigenvalue weighted by molar-refractivity contribution is 8.01. The summed E-state index contributed by atoms with van der Waals surface area (Å²) in [5.74, 6) is -3.44. The van der Waals surface area contributed by atoms with Gasteiger partial charge in [-0.2, -0.15) is 0 Å². The Morgan fingerprint density at radius 3 is 1.95 bits per heavy atom. The van der Waals surface area contributed by atoms with Gasteiger partial charge in [0, 0.05) is 4.90 Å². The maximum absolute atomic E-state index is 11.1. The molecule has 0 spiro atoms. The summed E-state index contributed by atoms with van der Waals surface area (Å²) in [6, 6.07) is 7.94. The van der Waals surface area contributed by atoms with E-state index < -0.39 is 30.4 Å². The zero-order chi connectivity index (χ0) is 14.6. The van der Waals surface area contributed by atoms with Gasteiger partial charge in [-0.15, -0.1) is 11.8 Å². The second kappa shape index (κ2) is 6.21. The van der Waals surface area contributed by atoms with Gasteiger partial charge in [0.1, 0.15) is 5.25 Å². The van der Waals surface area contributed by atoms with Crippen LogP contribution < -0.4 is 0 Å². The molecule has 0 saturated heterocycles. The van der Waals surface area contributed by atoms with Crippen molar-refractivity contribution in [1.29, 1.82) is 0 Å². The second-order valence-electron chi connectivity index (χ2n) is 3.56. The molecular weight excluding hydrogens is 295 g/mol. The third-order valence-corrected chi connectivity index (χ3v) is 4.87. The van der Waals surface area contributed by atoms with E-state index in [1.807, 2.05) is 0 Å². The average Bonchev–Trinajstić information content (AvgIpc) is 2.27. The minimum absolute atomic E-state index is 0.412. The fourth-order valence-electron chi connectivity index (χ4n) is 1.35. The van der Waals surface area contributed by atoms with Gasteiger partial charge in [-0.25, -0.2) is 0 Å². The number of benzene rings is 1. The predicted octanol–water partition coefficient (Wildman–Crippen LogP) is 0.863. The Balaban J connectivity index is 3.09. The van der Waals surface area contributed by atoms with Crippen LogP contribution in [0.15, 0.2) is 35.2 Å². The maximum atomic E-state index is 11.1. The van der Waals surface area contributed by atoms with Gasteiger partial charge in [0.05, 0.1) is 0 Å². The minimum Gasteiger partial charge on any atom is -0.481 e. The van der Waals surface area contributed by atoms with E-state index in [9.17, 15) is 14.2 Å². The molecule has 0 radical (unpaired) electrons. The van der Waals surface area contributed by atoms with Crippen molar-refractivity contribution in [3.05, 3.63) is 30.3 Å². The van der Waals surface area contributed by atoms with Crippen LogP contribution in [0.4, 0.5) is 0 Å². The first-order valence-electron chi connectivity index (χ1n) is 4.96. The zero-order valence-electron chi connectivity index (χ0n) is 9.41. The number of hydrogen-bond donors (Lipinski definition) is 4. The van der Waals surface area contributed by atoms with E-state index in [0.717, 1.165) is 0 Å². The maximum Gasteiger partial charge on any atom is 0.341 e. The van der Waals surface area contributed by atoms with Crippen molar-refractivity contribution in [2.45, 2.75) is 15.8 Å². The number of rotatable bonds is 6. The molecule has 0 bridgehead atoms. The lowest BCUT2D eigenvalue weighted by molar-refractivity contribution is -0.142. The standard InChI is InChI=1S/C10H11O7PS/c11-9(12)7(18(15,16)17)8(10(13)14)19-6-4-2-1-3-5-6/h1-5,7-8H,(H,11,12)(H,13,14)(H2,15,16,17). The first-order valence-corrected chi connectivity index (χ1v) is 7.52. The molecule has 0 aliphatic heterocycles. The van der Waals surface area contributed by atoms with Crippen molar-refractivity contribution in [2.75, 3.05) is 0 Å². The van der Waals surface area contributed by atoms with E-state index in [4.69, 9.17) is 20.0 Å². The summed E-state index contributed by atoms with van der Waals surface area (Å²) in [6.45, 7) is 0. The lowest BCUT2D eigenvalue weighted by Gasteiger charge is -2.20. The predicted molar refractivity (Wildman–Crippen MR) is 67.2 cm³/mol. The van der Waals surface area contributed by atoms with Crippen molar-refractivity contribution >= 4 is 31.3 Å². The first-order chi connectivity index (χ1) is 8.73. The Hall–Kier alpha value is -1.34. The molecule has 0 aromatic heterocycles. The lowest BCUT2D eigenvalue weighted by Crippen LogP contribution is -2.37. The Bertz CT molecular complexity index is 512. The van der Waals surface area contributed by atoms with Gasteiger partial charge in [-0.05, 0) is 12.1 Å². The van der Waals surface area contributed by atoms with E-state index >= 15 is 0 Å². The largest absolute Gasteiger partial charge is 0.481 e. The van der Waals surface area contributed by atoms with Crippen LogP contribution in [0.25, 0.3) is 0 Å². The Morgan fingerprint density at radius 2 is 1.58 bits per heavy atom. The van der Waals surface area contributed by atoms with Gasteiger partial charge in [-0.3, -0.25) is 14.2 Å².